The molecule has 0 saturated carbocycles. The Kier molecular flexibility index (Phi) is 3.45. The predicted molar refractivity (Wildman–Crippen MR) is 53.8 cm³/mol. The van der Waals surface area contributed by atoms with E-state index in [-0.39, 0.29) is 0 Å². The molecule has 16 heavy (non-hydrogen) atoms. The van der Waals surface area contributed by atoms with Gasteiger partial charge >= 0.3 is 11.9 Å². The van der Waals surface area contributed by atoms with Gasteiger partial charge in [0.05, 0.1) is 11.6 Å². The minimum Gasteiger partial charge on any atom is -0.479 e. The smallest absolute Gasteiger partial charge is 0.337 e. The number of hydrogen-bond donors (Lipinski definition) is 3. The predicted octanol–water partition coefficient (Wildman–Crippen LogP) is 0.508. The highest BCUT2D eigenvalue weighted by atomic mass is 16.4. The van der Waals surface area contributed by atoms with Gasteiger partial charge in [0.2, 0.25) is 6.04 Å². The maximum Gasteiger partial charge on any atom is 0.337 e. The summed E-state index contributed by atoms with van der Waals surface area (Å²) in [6.45, 7) is 0. The van der Waals surface area contributed by atoms with Crippen LogP contribution in [0.2, 0.25) is 0 Å². The molecule has 0 heterocycles. The number of carboxylic acid groups (broad SMARTS) is 2. The molecular formula is C10H8N2O4. The molecule has 6 heteroatoms. The van der Waals surface area contributed by atoms with Crippen LogP contribution in [0.3, 0.4) is 0 Å². The third-order valence-corrected chi connectivity index (χ3v) is 1.82. The highest BCUT2D eigenvalue weighted by Gasteiger charge is 2.25. The Hall–Kier alpha value is -2.55. The molecular weight excluding hydrogens is 212 g/mol. The summed E-state index contributed by atoms with van der Waals surface area (Å²) in [5.74, 6) is -2.95. The molecule has 0 aliphatic carbocycles. The zero-order chi connectivity index (χ0) is 12.1. The molecule has 0 fully saturated rings. The van der Waals surface area contributed by atoms with Crippen molar-refractivity contribution in [2.45, 2.75) is 6.04 Å². The highest BCUT2D eigenvalue weighted by molar-refractivity contribution is 6.00. The number of aliphatic carboxylic acids is 2. The number of nitriles is 1. The van der Waals surface area contributed by atoms with Gasteiger partial charge in [0, 0.05) is 5.69 Å². The fourth-order valence-electron chi connectivity index (χ4n) is 1.04. The number of carboxylic acids is 2. The number of carbonyl (C=O) groups is 2. The average molecular weight is 220 g/mol. The van der Waals surface area contributed by atoms with Crippen LogP contribution in [0.4, 0.5) is 5.69 Å². The molecule has 0 aliphatic heterocycles. The number of anilines is 1. The van der Waals surface area contributed by atoms with E-state index in [0.717, 1.165) is 0 Å². The van der Waals surface area contributed by atoms with Crippen molar-refractivity contribution in [3.8, 4) is 6.07 Å². The lowest BCUT2D eigenvalue weighted by atomic mass is 10.2. The Morgan fingerprint density at radius 3 is 2.06 bits per heavy atom. The zero-order valence-electron chi connectivity index (χ0n) is 8.04. The van der Waals surface area contributed by atoms with Gasteiger partial charge in [-0.2, -0.15) is 5.26 Å². The zero-order valence-corrected chi connectivity index (χ0v) is 8.04. The van der Waals surface area contributed by atoms with E-state index in [4.69, 9.17) is 15.5 Å². The van der Waals surface area contributed by atoms with Crippen molar-refractivity contribution in [2.75, 3.05) is 5.32 Å². The molecule has 0 unspecified atom stereocenters. The Morgan fingerprint density at radius 1 is 1.19 bits per heavy atom. The van der Waals surface area contributed by atoms with E-state index in [1.54, 1.807) is 0 Å². The van der Waals surface area contributed by atoms with Crippen molar-refractivity contribution in [1.29, 1.82) is 5.26 Å². The van der Waals surface area contributed by atoms with Crippen LogP contribution in [0, 0.1) is 11.3 Å². The van der Waals surface area contributed by atoms with Gasteiger partial charge in [0.15, 0.2) is 0 Å². The monoisotopic (exact) mass is 220 g/mol. The van der Waals surface area contributed by atoms with E-state index in [0.29, 0.717) is 11.3 Å². The first-order valence-electron chi connectivity index (χ1n) is 4.27. The SMILES string of the molecule is N#Cc1ccc(NC(C(=O)O)C(=O)O)cc1. The summed E-state index contributed by atoms with van der Waals surface area (Å²) < 4.78 is 0. The molecule has 0 amide bonds. The molecule has 0 aliphatic rings. The first-order chi connectivity index (χ1) is 7.54. The van der Waals surface area contributed by atoms with Gasteiger partial charge in [-0.25, -0.2) is 9.59 Å². The molecule has 1 aromatic rings. The van der Waals surface area contributed by atoms with Crippen molar-refractivity contribution in [3.05, 3.63) is 29.8 Å². The van der Waals surface area contributed by atoms with Crippen LogP contribution in [0.25, 0.3) is 0 Å². The quantitative estimate of drug-likeness (QED) is 0.637. The first-order valence-corrected chi connectivity index (χ1v) is 4.27. The average Bonchev–Trinajstić information content (AvgIpc) is 2.25. The summed E-state index contributed by atoms with van der Waals surface area (Å²) in [6.07, 6.45) is 0. The van der Waals surface area contributed by atoms with Crippen LogP contribution < -0.4 is 5.32 Å². The van der Waals surface area contributed by atoms with Gasteiger partial charge in [-0.15, -0.1) is 0 Å². The van der Waals surface area contributed by atoms with Crippen molar-refractivity contribution in [3.63, 3.8) is 0 Å². The molecule has 6 nitrogen and oxygen atoms in total. The Bertz CT molecular complexity index is 433. The van der Waals surface area contributed by atoms with Crippen LogP contribution in [-0.4, -0.2) is 28.2 Å². The molecule has 1 aromatic carbocycles. The second-order valence-corrected chi connectivity index (χ2v) is 2.94. The summed E-state index contributed by atoms with van der Waals surface area (Å²) in [4.78, 5) is 21.1. The third-order valence-electron chi connectivity index (χ3n) is 1.82. The van der Waals surface area contributed by atoms with Crippen LogP contribution in [0.1, 0.15) is 5.56 Å². The number of nitrogens with zero attached hydrogens (tertiary/aromatic N) is 1. The fourth-order valence-corrected chi connectivity index (χ4v) is 1.04. The normalized spacial score (nSPS) is 9.50. The molecule has 0 aromatic heterocycles. The van der Waals surface area contributed by atoms with Crippen molar-refractivity contribution >= 4 is 17.6 Å². The summed E-state index contributed by atoms with van der Waals surface area (Å²) >= 11 is 0. The van der Waals surface area contributed by atoms with E-state index in [9.17, 15) is 9.59 Å². The largest absolute Gasteiger partial charge is 0.479 e. The fraction of sp³-hybridized carbons (Fsp3) is 0.100. The standard InChI is InChI=1S/C10H8N2O4/c11-5-6-1-3-7(4-2-6)12-8(9(13)14)10(15)16/h1-4,8,12H,(H,13,14)(H,15,16). The molecule has 0 atom stereocenters. The van der Waals surface area contributed by atoms with E-state index < -0.39 is 18.0 Å². The molecule has 3 N–H and O–H groups in total. The van der Waals surface area contributed by atoms with Crippen LogP contribution in [0.15, 0.2) is 24.3 Å². The van der Waals surface area contributed by atoms with Gasteiger partial charge in [-0.3, -0.25) is 0 Å². The Morgan fingerprint density at radius 2 is 1.69 bits per heavy atom. The lowest BCUT2D eigenvalue weighted by Crippen LogP contribution is -2.37. The Labute approximate surface area is 90.7 Å². The van der Waals surface area contributed by atoms with Crippen LogP contribution >= 0.6 is 0 Å². The van der Waals surface area contributed by atoms with Crippen LogP contribution in [0.5, 0.6) is 0 Å². The third kappa shape index (κ3) is 2.72. The second kappa shape index (κ2) is 4.79. The van der Waals surface area contributed by atoms with Crippen LogP contribution in [-0.2, 0) is 9.59 Å². The molecule has 0 bridgehead atoms. The van der Waals surface area contributed by atoms with Gasteiger partial charge in [0.25, 0.3) is 0 Å². The maximum atomic E-state index is 10.6. The van der Waals surface area contributed by atoms with Crippen molar-refractivity contribution in [2.24, 2.45) is 0 Å². The summed E-state index contributed by atoms with van der Waals surface area (Å²) in [6, 6.07) is 6.00. The number of nitrogens with one attached hydrogen (secondary N) is 1. The van der Waals surface area contributed by atoms with E-state index in [1.807, 2.05) is 6.07 Å². The van der Waals surface area contributed by atoms with Gasteiger partial charge in [-0.1, -0.05) is 0 Å². The van der Waals surface area contributed by atoms with Gasteiger partial charge in [-0.05, 0) is 24.3 Å². The molecule has 0 spiro atoms. The summed E-state index contributed by atoms with van der Waals surface area (Å²) in [7, 11) is 0. The number of hydrogen-bond acceptors (Lipinski definition) is 4. The summed E-state index contributed by atoms with van der Waals surface area (Å²) in [5.41, 5.74) is 0.738. The maximum absolute atomic E-state index is 10.6. The first kappa shape index (κ1) is 11.5. The second-order valence-electron chi connectivity index (χ2n) is 2.94. The Balaban J connectivity index is 2.83. The van der Waals surface area contributed by atoms with Gasteiger partial charge in [0.1, 0.15) is 0 Å². The lowest BCUT2D eigenvalue weighted by Gasteiger charge is -2.10. The van der Waals surface area contributed by atoms with Crippen molar-refractivity contribution < 1.29 is 19.8 Å². The van der Waals surface area contributed by atoms with E-state index in [1.165, 1.54) is 24.3 Å². The molecule has 0 radical (unpaired) electrons. The van der Waals surface area contributed by atoms with Gasteiger partial charge < -0.3 is 15.5 Å². The van der Waals surface area contributed by atoms with Crippen molar-refractivity contribution in [1.82, 2.24) is 0 Å². The topological polar surface area (TPSA) is 110 Å². The number of rotatable bonds is 4. The molecule has 1 rings (SSSR count). The van der Waals surface area contributed by atoms with E-state index >= 15 is 0 Å². The molecule has 82 valence electrons. The minimum atomic E-state index is -1.70. The molecule has 0 saturated heterocycles. The lowest BCUT2D eigenvalue weighted by molar-refractivity contribution is -0.148. The number of benzene rings is 1. The minimum absolute atomic E-state index is 0.328. The summed E-state index contributed by atoms with van der Waals surface area (Å²) in [5, 5.41) is 28.1. The highest BCUT2D eigenvalue weighted by Crippen LogP contribution is 2.10. The van der Waals surface area contributed by atoms with E-state index in [2.05, 4.69) is 5.32 Å².